The molecule has 20 heavy (non-hydrogen) atoms. The van der Waals surface area contributed by atoms with Gasteiger partial charge in [-0.15, -0.1) is 0 Å². The standard InChI is InChI=1S/C12H13IN2O5/c1-7-9(5-8(15(19)20)6-10(7)13)12(18)14-4-2-3-11(16)17/h5-6H,2-4H2,1H3,(H,14,18)(H,16,17). The second-order valence-corrected chi connectivity index (χ2v) is 5.27. The summed E-state index contributed by atoms with van der Waals surface area (Å²) in [6.07, 6.45) is 0.276. The molecule has 0 aliphatic rings. The number of carbonyl (C=O) groups excluding carboxylic acids is 1. The third-order valence-corrected chi connectivity index (χ3v) is 3.76. The summed E-state index contributed by atoms with van der Waals surface area (Å²) in [5.41, 5.74) is 0.751. The molecule has 7 nitrogen and oxygen atoms in total. The summed E-state index contributed by atoms with van der Waals surface area (Å²) in [4.78, 5) is 32.5. The molecule has 1 rings (SSSR count). The van der Waals surface area contributed by atoms with Gasteiger partial charge in [0.15, 0.2) is 0 Å². The van der Waals surface area contributed by atoms with Gasteiger partial charge in [-0.1, -0.05) is 0 Å². The van der Waals surface area contributed by atoms with Crippen molar-refractivity contribution in [3.63, 3.8) is 0 Å². The van der Waals surface area contributed by atoms with Crippen LogP contribution < -0.4 is 5.32 Å². The lowest BCUT2D eigenvalue weighted by molar-refractivity contribution is -0.385. The minimum atomic E-state index is -0.930. The van der Waals surface area contributed by atoms with Crippen LogP contribution in [0.2, 0.25) is 0 Å². The predicted octanol–water partition coefficient (Wildman–Crippen LogP) is 2.10. The van der Waals surface area contributed by atoms with Crippen molar-refractivity contribution < 1.29 is 19.6 Å². The molecule has 0 unspecified atom stereocenters. The van der Waals surface area contributed by atoms with Gasteiger partial charge in [0.25, 0.3) is 11.6 Å². The van der Waals surface area contributed by atoms with E-state index in [-0.39, 0.29) is 24.2 Å². The van der Waals surface area contributed by atoms with Crippen LogP contribution in [0.15, 0.2) is 12.1 Å². The number of carboxylic acids is 1. The van der Waals surface area contributed by atoms with Gasteiger partial charge >= 0.3 is 5.97 Å². The molecule has 0 saturated carbocycles. The molecule has 108 valence electrons. The second kappa shape index (κ2) is 7.17. The summed E-state index contributed by atoms with van der Waals surface area (Å²) in [6.45, 7) is 1.92. The first-order valence-corrected chi connectivity index (χ1v) is 6.85. The van der Waals surface area contributed by atoms with Gasteiger partial charge < -0.3 is 10.4 Å². The fourth-order valence-corrected chi connectivity index (χ4v) is 2.15. The molecule has 0 bridgehead atoms. The second-order valence-electron chi connectivity index (χ2n) is 4.11. The lowest BCUT2D eigenvalue weighted by atomic mass is 10.1. The van der Waals surface area contributed by atoms with Crippen LogP contribution in [0.4, 0.5) is 5.69 Å². The summed E-state index contributed by atoms with van der Waals surface area (Å²) in [6, 6.07) is 2.63. The van der Waals surface area contributed by atoms with Gasteiger partial charge in [0, 0.05) is 28.7 Å². The molecule has 0 atom stereocenters. The number of benzene rings is 1. The molecular formula is C12H13IN2O5. The van der Waals surface area contributed by atoms with Crippen molar-refractivity contribution in [1.29, 1.82) is 0 Å². The maximum Gasteiger partial charge on any atom is 0.303 e. The lowest BCUT2D eigenvalue weighted by Gasteiger charge is -2.08. The van der Waals surface area contributed by atoms with E-state index in [0.717, 1.165) is 0 Å². The minimum absolute atomic E-state index is 0.0360. The highest BCUT2D eigenvalue weighted by atomic mass is 127. The van der Waals surface area contributed by atoms with E-state index in [0.29, 0.717) is 15.6 Å². The fourth-order valence-electron chi connectivity index (χ4n) is 1.54. The van der Waals surface area contributed by atoms with Crippen molar-refractivity contribution >= 4 is 40.2 Å². The average Bonchev–Trinajstić information content (AvgIpc) is 2.36. The average molecular weight is 392 g/mol. The van der Waals surface area contributed by atoms with Crippen molar-refractivity contribution in [1.82, 2.24) is 5.32 Å². The lowest BCUT2D eigenvalue weighted by Crippen LogP contribution is -2.26. The molecule has 0 aliphatic heterocycles. The molecule has 1 aromatic carbocycles. The van der Waals surface area contributed by atoms with Gasteiger partial charge in [0.05, 0.1) is 10.5 Å². The number of non-ortho nitro benzene ring substituents is 1. The van der Waals surface area contributed by atoms with E-state index < -0.39 is 16.8 Å². The molecule has 1 amide bonds. The Morgan fingerprint density at radius 3 is 2.65 bits per heavy atom. The van der Waals surface area contributed by atoms with Gasteiger partial charge in [0.1, 0.15) is 0 Å². The monoisotopic (exact) mass is 392 g/mol. The number of hydrogen-bond donors (Lipinski definition) is 2. The fraction of sp³-hybridized carbons (Fsp3) is 0.333. The van der Waals surface area contributed by atoms with Gasteiger partial charge in [-0.05, 0) is 41.5 Å². The summed E-state index contributed by atoms with van der Waals surface area (Å²) in [5, 5.41) is 21.8. The van der Waals surface area contributed by atoms with Crippen LogP contribution in [-0.4, -0.2) is 28.5 Å². The molecule has 2 N–H and O–H groups in total. The number of nitrogens with zero attached hydrogens (tertiary/aromatic N) is 1. The number of nitro benzene ring substituents is 1. The zero-order chi connectivity index (χ0) is 15.3. The zero-order valence-electron chi connectivity index (χ0n) is 10.7. The predicted molar refractivity (Wildman–Crippen MR) is 79.8 cm³/mol. The molecule has 0 saturated heterocycles. The van der Waals surface area contributed by atoms with Crippen LogP contribution in [0.5, 0.6) is 0 Å². The first-order valence-electron chi connectivity index (χ1n) is 5.77. The Balaban J connectivity index is 2.81. The smallest absolute Gasteiger partial charge is 0.303 e. The largest absolute Gasteiger partial charge is 0.481 e. The third-order valence-electron chi connectivity index (χ3n) is 2.64. The minimum Gasteiger partial charge on any atom is -0.481 e. The van der Waals surface area contributed by atoms with E-state index >= 15 is 0 Å². The topological polar surface area (TPSA) is 110 Å². The first-order chi connectivity index (χ1) is 9.32. The van der Waals surface area contributed by atoms with E-state index in [9.17, 15) is 19.7 Å². The highest BCUT2D eigenvalue weighted by molar-refractivity contribution is 14.1. The van der Waals surface area contributed by atoms with Crippen LogP contribution in [0.1, 0.15) is 28.8 Å². The Hall–Kier alpha value is -1.71. The SMILES string of the molecule is Cc1c(I)cc([N+](=O)[O-])cc1C(=O)NCCCC(=O)O. The van der Waals surface area contributed by atoms with Crippen molar-refractivity contribution in [2.45, 2.75) is 19.8 Å². The quantitative estimate of drug-likeness (QED) is 0.334. The number of aliphatic carboxylic acids is 1. The van der Waals surface area contributed by atoms with Crippen LogP contribution >= 0.6 is 22.6 Å². The summed E-state index contributed by atoms with van der Waals surface area (Å²) >= 11 is 1.93. The molecule has 1 aromatic rings. The maximum atomic E-state index is 12.0. The highest BCUT2D eigenvalue weighted by Gasteiger charge is 2.17. The number of halogens is 1. The first kappa shape index (κ1) is 16.3. The van der Waals surface area contributed by atoms with Crippen molar-refractivity contribution in [2.24, 2.45) is 0 Å². The van der Waals surface area contributed by atoms with Gasteiger partial charge in [-0.25, -0.2) is 0 Å². The number of nitrogens with one attached hydrogen (secondary N) is 1. The molecule has 0 fully saturated rings. The van der Waals surface area contributed by atoms with Crippen molar-refractivity contribution in [2.75, 3.05) is 6.54 Å². The molecule has 0 aliphatic carbocycles. The van der Waals surface area contributed by atoms with Crippen LogP contribution in [0.3, 0.4) is 0 Å². The van der Waals surface area contributed by atoms with Gasteiger partial charge in [-0.2, -0.15) is 0 Å². The Bertz CT molecular complexity index is 559. The molecule has 0 radical (unpaired) electrons. The number of rotatable bonds is 6. The van der Waals surface area contributed by atoms with Crippen molar-refractivity contribution in [3.05, 3.63) is 36.9 Å². The van der Waals surface area contributed by atoms with E-state index in [2.05, 4.69) is 5.32 Å². The molecule has 0 spiro atoms. The number of hydrogen-bond acceptors (Lipinski definition) is 4. The third kappa shape index (κ3) is 4.44. The molecule has 0 aromatic heterocycles. The Labute approximate surface area is 128 Å². The Kier molecular flexibility index (Phi) is 5.86. The van der Waals surface area contributed by atoms with E-state index in [1.54, 1.807) is 6.92 Å². The van der Waals surface area contributed by atoms with Gasteiger partial charge in [0.2, 0.25) is 0 Å². The van der Waals surface area contributed by atoms with E-state index in [1.165, 1.54) is 12.1 Å². The summed E-state index contributed by atoms with van der Waals surface area (Å²) in [5.74, 6) is -1.37. The summed E-state index contributed by atoms with van der Waals surface area (Å²) < 4.78 is 0.632. The maximum absolute atomic E-state index is 12.0. The Morgan fingerprint density at radius 1 is 1.45 bits per heavy atom. The molecular weight excluding hydrogens is 379 g/mol. The van der Waals surface area contributed by atoms with E-state index in [4.69, 9.17) is 5.11 Å². The zero-order valence-corrected chi connectivity index (χ0v) is 12.8. The van der Waals surface area contributed by atoms with Gasteiger partial charge in [-0.3, -0.25) is 19.7 Å². The highest BCUT2D eigenvalue weighted by Crippen LogP contribution is 2.23. The summed E-state index contributed by atoms with van der Waals surface area (Å²) in [7, 11) is 0. The van der Waals surface area contributed by atoms with Crippen molar-refractivity contribution in [3.8, 4) is 0 Å². The molecule has 0 heterocycles. The Morgan fingerprint density at radius 2 is 2.10 bits per heavy atom. The van der Waals surface area contributed by atoms with E-state index in [1.807, 2.05) is 22.6 Å². The van der Waals surface area contributed by atoms with Crippen LogP contribution in [0.25, 0.3) is 0 Å². The number of amides is 1. The normalized spacial score (nSPS) is 10.1. The molecule has 8 heteroatoms. The van der Waals surface area contributed by atoms with Crippen LogP contribution in [-0.2, 0) is 4.79 Å². The number of nitro groups is 1. The van der Waals surface area contributed by atoms with Crippen LogP contribution in [0, 0.1) is 20.6 Å². The number of carboxylic acid groups (broad SMARTS) is 1. The number of carbonyl (C=O) groups is 2.